The molecular weight excluding hydrogens is 348 g/mol. The number of aromatic nitrogens is 4. The van der Waals surface area contributed by atoms with E-state index in [2.05, 4.69) is 22.0 Å². The van der Waals surface area contributed by atoms with Gasteiger partial charge < -0.3 is 14.7 Å². The van der Waals surface area contributed by atoms with E-state index in [4.69, 9.17) is 21.1 Å². The highest BCUT2D eigenvalue weighted by atomic mass is 35.5. The molecule has 2 heterocycles. The van der Waals surface area contributed by atoms with Gasteiger partial charge in [0, 0.05) is 6.20 Å². The SMILES string of the molecule is CCCCCC(C)OC(=O)COc1nc(-c2ccc(Cl)cn2)n(O)n1. The lowest BCUT2D eigenvalue weighted by molar-refractivity contribution is -0.151. The number of pyridine rings is 1. The second-order valence-electron chi connectivity index (χ2n) is 5.55. The molecule has 2 rings (SSSR count). The Morgan fingerprint density at radius 1 is 1.40 bits per heavy atom. The molecule has 1 N–H and O–H groups in total. The van der Waals surface area contributed by atoms with Crippen molar-refractivity contribution < 1.29 is 19.5 Å². The first-order valence-corrected chi connectivity index (χ1v) is 8.48. The largest absolute Gasteiger partial charge is 0.460 e. The third-order valence-corrected chi connectivity index (χ3v) is 3.62. The molecule has 136 valence electrons. The molecule has 9 heteroatoms. The zero-order valence-corrected chi connectivity index (χ0v) is 14.9. The van der Waals surface area contributed by atoms with Crippen molar-refractivity contribution in [3.05, 3.63) is 23.4 Å². The van der Waals surface area contributed by atoms with E-state index in [9.17, 15) is 10.0 Å². The fourth-order valence-electron chi connectivity index (χ4n) is 2.14. The number of rotatable bonds is 9. The Labute approximate surface area is 150 Å². The van der Waals surface area contributed by atoms with Gasteiger partial charge in [0.1, 0.15) is 5.69 Å². The number of nitrogens with zero attached hydrogens (tertiary/aromatic N) is 4. The van der Waals surface area contributed by atoms with Crippen LogP contribution in [0.15, 0.2) is 18.3 Å². The van der Waals surface area contributed by atoms with Gasteiger partial charge >= 0.3 is 12.0 Å². The van der Waals surface area contributed by atoms with Crippen molar-refractivity contribution in [2.75, 3.05) is 6.61 Å². The molecule has 0 aliphatic heterocycles. The first-order valence-electron chi connectivity index (χ1n) is 8.10. The standard InChI is InChI=1S/C16H21ClN4O4/c1-3-4-5-6-11(2)25-14(22)10-24-16-19-15(21(23)20-16)13-8-7-12(17)9-18-13/h7-9,11,23H,3-6,10H2,1-2H3. The monoisotopic (exact) mass is 368 g/mol. The molecule has 0 bridgehead atoms. The highest BCUT2D eigenvalue weighted by molar-refractivity contribution is 6.30. The van der Waals surface area contributed by atoms with Crippen LogP contribution in [0.2, 0.25) is 5.02 Å². The molecular formula is C16H21ClN4O4. The molecule has 1 unspecified atom stereocenters. The van der Waals surface area contributed by atoms with E-state index in [1.54, 1.807) is 12.1 Å². The van der Waals surface area contributed by atoms with Crippen LogP contribution in [-0.2, 0) is 9.53 Å². The molecule has 0 fully saturated rings. The number of ether oxygens (including phenoxy) is 2. The Bertz CT molecular complexity index is 690. The van der Waals surface area contributed by atoms with Gasteiger partial charge in [0.05, 0.1) is 11.1 Å². The molecule has 0 amide bonds. The topological polar surface area (TPSA) is 99.4 Å². The first kappa shape index (κ1) is 19.0. The Morgan fingerprint density at radius 3 is 2.88 bits per heavy atom. The van der Waals surface area contributed by atoms with Gasteiger partial charge in [0.25, 0.3) is 0 Å². The molecule has 2 aromatic heterocycles. The van der Waals surface area contributed by atoms with Crippen LogP contribution >= 0.6 is 11.6 Å². The molecule has 25 heavy (non-hydrogen) atoms. The molecule has 0 saturated carbocycles. The highest BCUT2D eigenvalue weighted by Crippen LogP contribution is 2.18. The molecule has 0 aliphatic carbocycles. The lowest BCUT2D eigenvalue weighted by Crippen LogP contribution is -2.21. The summed E-state index contributed by atoms with van der Waals surface area (Å²) in [4.78, 5) is 20.3. The van der Waals surface area contributed by atoms with Crippen molar-refractivity contribution in [1.29, 1.82) is 0 Å². The van der Waals surface area contributed by atoms with Gasteiger partial charge in [-0.05, 0) is 31.9 Å². The third kappa shape index (κ3) is 5.90. The van der Waals surface area contributed by atoms with E-state index in [0.717, 1.165) is 25.7 Å². The maximum absolute atomic E-state index is 11.8. The molecule has 0 spiro atoms. The second kappa shape index (κ2) is 9.22. The molecule has 1 atom stereocenters. The summed E-state index contributed by atoms with van der Waals surface area (Å²) >= 11 is 5.77. The zero-order chi connectivity index (χ0) is 18.2. The molecule has 0 saturated heterocycles. The maximum atomic E-state index is 11.8. The van der Waals surface area contributed by atoms with Crippen molar-refractivity contribution in [2.24, 2.45) is 0 Å². The van der Waals surface area contributed by atoms with E-state index in [1.807, 2.05) is 6.92 Å². The average Bonchev–Trinajstić information content (AvgIpc) is 2.95. The molecule has 0 aliphatic rings. The van der Waals surface area contributed by atoms with Crippen LogP contribution in [0.1, 0.15) is 39.5 Å². The second-order valence-corrected chi connectivity index (χ2v) is 5.99. The van der Waals surface area contributed by atoms with Gasteiger partial charge in [-0.1, -0.05) is 41.3 Å². The van der Waals surface area contributed by atoms with Gasteiger partial charge in [-0.15, -0.1) is 0 Å². The van der Waals surface area contributed by atoms with Crippen LogP contribution in [-0.4, -0.2) is 43.8 Å². The van der Waals surface area contributed by atoms with Gasteiger partial charge in [-0.2, -0.15) is 4.98 Å². The number of hydrogen-bond donors (Lipinski definition) is 1. The summed E-state index contributed by atoms with van der Waals surface area (Å²) in [6, 6.07) is 3.04. The van der Waals surface area contributed by atoms with Crippen LogP contribution in [0.5, 0.6) is 6.01 Å². The minimum atomic E-state index is -0.510. The summed E-state index contributed by atoms with van der Waals surface area (Å²) in [7, 11) is 0. The van der Waals surface area contributed by atoms with Crippen molar-refractivity contribution in [1.82, 2.24) is 19.9 Å². The van der Waals surface area contributed by atoms with E-state index in [0.29, 0.717) is 15.6 Å². The highest BCUT2D eigenvalue weighted by Gasteiger charge is 2.16. The number of carbonyl (C=O) groups excluding carboxylic acids is 1. The molecule has 2 aromatic rings. The zero-order valence-electron chi connectivity index (χ0n) is 14.2. The minimum absolute atomic E-state index is 0.0768. The first-order chi connectivity index (χ1) is 12.0. The lowest BCUT2D eigenvalue weighted by atomic mass is 10.1. The van der Waals surface area contributed by atoms with Crippen molar-refractivity contribution in [3.63, 3.8) is 0 Å². The number of carbonyl (C=O) groups is 1. The molecule has 0 radical (unpaired) electrons. The lowest BCUT2D eigenvalue weighted by Gasteiger charge is -2.12. The van der Waals surface area contributed by atoms with E-state index in [-0.39, 0.29) is 24.5 Å². The quantitative estimate of drug-likeness (QED) is 0.412. The minimum Gasteiger partial charge on any atom is -0.460 e. The number of hydrogen-bond acceptors (Lipinski definition) is 7. The normalized spacial score (nSPS) is 12.0. The predicted octanol–water partition coefficient (Wildman–Crippen LogP) is 3.12. The van der Waals surface area contributed by atoms with Gasteiger partial charge in [-0.25, -0.2) is 4.79 Å². The molecule has 0 aromatic carbocycles. The van der Waals surface area contributed by atoms with Crippen LogP contribution in [0.3, 0.4) is 0 Å². The van der Waals surface area contributed by atoms with E-state index in [1.165, 1.54) is 6.20 Å². The van der Waals surface area contributed by atoms with Crippen LogP contribution in [0.25, 0.3) is 11.5 Å². The van der Waals surface area contributed by atoms with Gasteiger partial charge in [-0.3, -0.25) is 4.98 Å². The predicted molar refractivity (Wildman–Crippen MR) is 90.6 cm³/mol. The maximum Gasteiger partial charge on any atom is 0.344 e. The fourth-order valence-corrected chi connectivity index (χ4v) is 2.25. The smallest absolute Gasteiger partial charge is 0.344 e. The van der Waals surface area contributed by atoms with Gasteiger partial charge in [0.2, 0.25) is 5.82 Å². The van der Waals surface area contributed by atoms with Crippen LogP contribution < -0.4 is 4.74 Å². The van der Waals surface area contributed by atoms with E-state index < -0.39 is 5.97 Å². The van der Waals surface area contributed by atoms with Crippen LogP contribution in [0.4, 0.5) is 0 Å². The third-order valence-electron chi connectivity index (χ3n) is 3.39. The Morgan fingerprint density at radius 2 is 2.20 bits per heavy atom. The number of esters is 1. The fraction of sp³-hybridized carbons (Fsp3) is 0.500. The number of halogens is 1. The molecule has 8 nitrogen and oxygen atoms in total. The van der Waals surface area contributed by atoms with Crippen molar-refractivity contribution >= 4 is 17.6 Å². The van der Waals surface area contributed by atoms with Crippen LogP contribution in [0, 0.1) is 0 Å². The Hall–Kier alpha value is -2.35. The van der Waals surface area contributed by atoms with Crippen molar-refractivity contribution in [3.8, 4) is 17.5 Å². The van der Waals surface area contributed by atoms with Gasteiger partial charge in [0.15, 0.2) is 6.61 Å². The summed E-state index contributed by atoms with van der Waals surface area (Å²) in [6.45, 7) is 3.62. The number of unbranched alkanes of at least 4 members (excludes halogenated alkanes) is 2. The summed E-state index contributed by atoms with van der Waals surface area (Å²) in [6.07, 6.45) is 5.31. The summed E-state index contributed by atoms with van der Waals surface area (Å²) in [5.74, 6) is -0.433. The summed E-state index contributed by atoms with van der Waals surface area (Å²) in [5.41, 5.74) is 0.362. The average molecular weight is 369 g/mol. The summed E-state index contributed by atoms with van der Waals surface area (Å²) in [5, 5.41) is 13.9. The Balaban J connectivity index is 1.86. The summed E-state index contributed by atoms with van der Waals surface area (Å²) < 4.78 is 10.4. The van der Waals surface area contributed by atoms with Crippen molar-refractivity contribution in [2.45, 2.75) is 45.6 Å². The Kier molecular flexibility index (Phi) is 7.00. The van der Waals surface area contributed by atoms with E-state index >= 15 is 0 Å².